The Hall–Kier alpha value is -0.930. The van der Waals surface area contributed by atoms with Crippen LogP contribution in [0.4, 0.5) is 4.39 Å². The standard InChI is InChI=1S/C14H19FN2/c15-12-3-1-10(2-4-12)9-13-14(16)11-5-7-17(13)8-6-11/h1-4,11,13-14H,5-9,16H2. The second-order valence-electron chi connectivity index (χ2n) is 5.35. The molecule has 1 aromatic carbocycles. The van der Waals surface area contributed by atoms with Gasteiger partial charge >= 0.3 is 0 Å². The smallest absolute Gasteiger partial charge is 0.123 e. The molecule has 2 unspecified atom stereocenters. The number of fused-ring (bicyclic) bond motifs is 3. The van der Waals surface area contributed by atoms with Crippen LogP contribution in [0.15, 0.2) is 24.3 Å². The number of hydrogen-bond acceptors (Lipinski definition) is 2. The van der Waals surface area contributed by atoms with Crippen molar-refractivity contribution >= 4 is 0 Å². The third-order valence-electron chi connectivity index (χ3n) is 4.39. The van der Waals surface area contributed by atoms with Gasteiger partial charge in [0, 0.05) is 12.1 Å². The second kappa shape index (κ2) is 4.39. The minimum absolute atomic E-state index is 0.163. The van der Waals surface area contributed by atoms with Crippen LogP contribution in [0, 0.1) is 11.7 Å². The van der Waals surface area contributed by atoms with Crippen molar-refractivity contribution in [1.29, 1.82) is 0 Å². The Morgan fingerprint density at radius 1 is 1.18 bits per heavy atom. The van der Waals surface area contributed by atoms with Gasteiger partial charge in [0.1, 0.15) is 5.82 Å². The maximum Gasteiger partial charge on any atom is 0.123 e. The Kier molecular flexibility index (Phi) is 2.89. The van der Waals surface area contributed by atoms with Crippen LogP contribution in [-0.2, 0) is 6.42 Å². The van der Waals surface area contributed by atoms with E-state index in [1.54, 1.807) is 0 Å². The molecule has 3 aliphatic heterocycles. The summed E-state index contributed by atoms with van der Waals surface area (Å²) in [4.78, 5) is 2.51. The van der Waals surface area contributed by atoms with Crippen molar-refractivity contribution in [2.24, 2.45) is 11.7 Å². The molecule has 1 aromatic rings. The third kappa shape index (κ3) is 2.09. The van der Waals surface area contributed by atoms with Crippen molar-refractivity contribution in [3.8, 4) is 0 Å². The lowest BCUT2D eigenvalue weighted by Gasteiger charge is -2.49. The summed E-state index contributed by atoms with van der Waals surface area (Å²) in [7, 11) is 0. The number of rotatable bonds is 2. The van der Waals surface area contributed by atoms with Crippen molar-refractivity contribution in [1.82, 2.24) is 4.90 Å². The summed E-state index contributed by atoms with van der Waals surface area (Å²) in [5, 5.41) is 0. The van der Waals surface area contributed by atoms with E-state index in [0.717, 1.165) is 6.42 Å². The molecule has 2 nitrogen and oxygen atoms in total. The summed E-state index contributed by atoms with van der Waals surface area (Å²) in [5.41, 5.74) is 7.52. The Morgan fingerprint density at radius 3 is 2.41 bits per heavy atom. The highest BCUT2D eigenvalue weighted by Gasteiger charge is 2.39. The maximum atomic E-state index is 12.9. The highest BCUT2D eigenvalue weighted by Crippen LogP contribution is 2.32. The van der Waals surface area contributed by atoms with Gasteiger partial charge in [0.2, 0.25) is 0 Å². The number of hydrogen-bond donors (Lipinski definition) is 1. The zero-order valence-corrected chi connectivity index (χ0v) is 9.98. The molecule has 3 heterocycles. The van der Waals surface area contributed by atoms with Crippen molar-refractivity contribution in [2.45, 2.75) is 31.3 Å². The maximum absolute atomic E-state index is 12.9. The molecule has 3 heteroatoms. The van der Waals surface area contributed by atoms with E-state index in [1.165, 1.54) is 43.6 Å². The third-order valence-corrected chi connectivity index (χ3v) is 4.39. The number of nitrogens with zero attached hydrogens (tertiary/aromatic N) is 1. The van der Waals surface area contributed by atoms with E-state index in [4.69, 9.17) is 5.73 Å². The molecule has 0 spiro atoms. The van der Waals surface area contributed by atoms with E-state index in [2.05, 4.69) is 4.90 Å². The fourth-order valence-corrected chi connectivity index (χ4v) is 3.32. The van der Waals surface area contributed by atoms with Gasteiger partial charge in [0.15, 0.2) is 0 Å². The predicted molar refractivity (Wildman–Crippen MR) is 66.2 cm³/mol. The Morgan fingerprint density at radius 2 is 1.82 bits per heavy atom. The molecule has 3 fully saturated rings. The monoisotopic (exact) mass is 234 g/mol. The van der Waals surface area contributed by atoms with E-state index in [0.29, 0.717) is 18.0 Å². The minimum atomic E-state index is -0.163. The Labute approximate surface area is 102 Å². The van der Waals surface area contributed by atoms with Crippen LogP contribution in [0.25, 0.3) is 0 Å². The van der Waals surface area contributed by atoms with Crippen molar-refractivity contribution in [3.63, 3.8) is 0 Å². The van der Waals surface area contributed by atoms with Gasteiger partial charge in [-0.2, -0.15) is 0 Å². The largest absolute Gasteiger partial charge is 0.326 e. The van der Waals surface area contributed by atoms with Crippen molar-refractivity contribution in [2.75, 3.05) is 13.1 Å². The zero-order valence-electron chi connectivity index (χ0n) is 9.98. The fourth-order valence-electron chi connectivity index (χ4n) is 3.32. The fraction of sp³-hybridized carbons (Fsp3) is 0.571. The van der Waals surface area contributed by atoms with Crippen LogP contribution in [0.2, 0.25) is 0 Å². The summed E-state index contributed by atoms with van der Waals surface area (Å²) >= 11 is 0. The van der Waals surface area contributed by atoms with Crippen LogP contribution in [0.3, 0.4) is 0 Å². The number of nitrogens with two attached hydrogens (primary N) is 1. The van der Waals surface area contributed by atoms with Gasteiger partial charge in [-0.15, -0.1) is 0 Å². The molecule has 0 amide bonds. The normalized spacial score (nSPS) is 36.1. The molecule has 0 radical (unpaired) electrons. The highest BCUT2D eigenvalue weighted by molar-refractivity contribution is 5.18. The van der Waals surface area contributed by atoms with Crippen LogP contribution >= 0.6 is 0 Å². The molecule has 17 heavy (non-hydrogen) atoms. The first-order valence-electron chi connectivity index (χ1n) is 6.48. The van der Waals surface area contributed by atoms with Gasteiger partial charge in [-0.1, -0.05) is 12.1 Å². The van der Waals surface area contributed by atoms with Gasteiger partial charge in [0.25, 0.3) is 0 Å². The molecule has 2 bridgehead atoms. The van der Waals surface area contributed by atoms with Gasteiger partial charge in [-0.3, -0.25) is 4.90 Å². The summed E-state index contributed by atoms with van der Waals surface area (Å²) < 4.78 is 12.9. The predicted octanol–water partition coefficient (Wildman–Crippen LogP) is 1.79. The first-order valence-corrected chi connectivity index (χ1v) is 6.48. The molecule has 0 aromatic heterocycles. The molecule has 3 saturated heterocycles. The first-order chi connectivity index (χ1) is 8.24. The highest BCUT2D eigenvalue weighted by atomic mass is 19.1. The average Bonchev–Trinajstić information content (AvgIpc) is 2.37. The molecule has 0 aliphatic carbocycles. The van der Waals surface area contributed by atoms with E-state index >= 15 is 0 Å². The number of benzene rings is 1. The Bertz CT molecular complexity index is 380. The molecule has 2 N–H and O–H groups in total. The Balaban J connectivity index is 1.74. The van der Waals surface area contributed by atoms with Crippen LogP contribution in [0.1, 0.15) is 18.4 Å². The molecular formula is C14H19FN2. The summed E-state index contributed by atoms with van der Waals surface area (Å²) in [6.07, 6.45) is 3.46. The van der Waals surface area contributed by atoms with Gasteiger partial charge in [0.05, 0.1) is 0 Å². The molecule has 4 rings (SSSR count). The van der Waals surface area contributed by atoms with Crippen molar-refractivity contribution in [3.05, 3.63) is 35.6 Å². The lowest BCUT2D eigenvalue weighted by molar-refractivity contribution is 0.0288. The lowest BCUT2D eigenvalue weighted by Crippen LogP contribution is -2.61. The molecule has 0 saturated carbocycles. The molecular weight excluding hydrogens is 215 g/mol. The van der Waals surface area contributed by atoms with E-state index in [-0.39, 0.29) is 5.82 Å². The van der Waals surface area contributed by atoms with Crippen LogP contribution < -0.4 is 5.73 Å². The topological polar surface area (TPSA) is 29.3 Å². The minimum Gasteiger partial charge on any atom is -0.326 e. The quantitative estimate of drug-likeness (QED) is 0.845. The van der Waals surface area contributed by atoms with Gasteiger partial charge in [-0.25, -0.2) is 4.39 Å². The molecule has 2 atom stereocenters. The van der Waals surface area contributed by atoms with E-state index in [1.807, 2.05) is 12.1 Å². The van der Waals surface area contributed by atoms with Gasteiger partial charge < -0.3 is 5.73 Å². The van der Waals surface area contributed by atoms with Crippen LogP contribution in [-0.4, -0.2) is 30.1 Å². The lowest BCUT2D eigenvalue weighted by atomic mass is 9.77. The number of piperidine rings is 3. The van der Waals surface area contributed by atoms with Crippen molar-refractivity contribution < 1.29 is 4.39 Å². The summed E-state index contributed by atoms with van der Waals surface area (Å²) in [6.45, 7) is 2.37. The molecule has 3 aliphatic rings. The first kappa shape index (κ1) is 11.2. The summed E-state index contributed by atoms with van der Waals surface area (Å²) in [5.74, 6) is 0.536. The summed E-state index contributed by atoms with van der Waals surface area (Å²) in [6, 6.07) is 7.58. The van der Waals surface area contributed by atoms with E-state index in [9.17, 15) is 4.39 Å². The van der Waals surface area contributed by atoms with Gasteiger partial charge in [-0.05, 0) is 56.0 Å². The van der Waals surface area contributed by atoms with E-state index < -0.39 is 0 Å². The average molecular weight is 234 g/mol. The second-order valence-corrected chi connectivity index (χ2v) is 5.35. The van der Waals surface area contributed by atoms with Crippen LogP contribution in [0.5, 0.6) is 0 Å². The molecule has 92 valence electrons. The SMILES string of the molecule is NC1C2CCN(CC2)C1Cc1ccc(F)cc1. The zero-order chi connectivity index (χ0) is 11.8. The number of halogens is 1.